The molecule has 5 atom stereocenters. The van der Waals surface area contributed by atoms with Crippen LogP contribution in [0.5, 0.6) is 0 Å². The number of unbranched alkanes of at least 4 members (excludes halogenated alkanes) is 4. The van der Waals surface area contributed by atoms with E-state index in [2.05, 4.69) is 23.6 Å². The maximum atomic E-state index is 11.7. The summed E-state index contributed by atoms with van der Waals surface area (Å²) in [4.78, 5) is 29.0. The Hall–Kier alpha value is -0.800. The van der Waals surface area contributed by atoms with Crippen molar-refractivity contribution in [2.24, 2.45) is 0 Å². The van der Waals surface area contributed by atoms with Crippen molar-refractivity contribution in [1.29, 1.82) is 0 Å². The molecule has 9 nitrogen and oxygen atoms in total. The van der Waals surface area contributed by atoms with Crippen molar-refractivity contribution < 1.29 is 43.0 Å². The van der Waals surface area contributed by atoms with Gasteiger partial charge in [-0.2, -0.15) is 0 Å². The van der Waals surface area contributed by atoms with E-state index in [-0.39, 0.29) is 6.42 Å². The van der Waals surface area contributed by atoms with Gasteiger partial charge in [0.05, 0.1) is 37.6 Å². The summed E-state index contributed by atoms with van der Waals surface area (Å²) < 4.78 is 31.3. The first kappa shape index (κ1) is 26.5. The molecule has 2 aliphatic heterocycles. The molecule has 2 heterocycles. The molecular formula is C21H37O9P. The van der Waals surface area contributed by atoms with Crippen molar-refractivity contribution in [3.63, 3.8) is 0 Å². The van der Waals surface area contributed by atoms with Gasteiger partial charge >= 0.3 is 13.8 Å². The highest BCUT2D eigenvalue weighted by atomic mass is 31.2. The lowest BCUT2D eigenvalue weighted by atomic mass is 10.0. The van der Waals surface area contributed by atoms with Gasteiger partial charge in [0.25, 0.3) is 0 Å². The zero-order valence-electron chi connectivity index (χ0n) is 18.3. The van der Waals surface area contributed by atoms with Gasteiger partial charge in [0.2, 0.25) is 0 Å². The molecule has 3 N–H and O–H groups in total. The van der Waals surface area contributed by atoms with Gasteiger partial charge < -0.3 is 29.1 Å². The average Bonchev–Trinajstić information content (AvgIpc) is 3.63. The predicted octanol–water partition coefficient (Wildman–Crippen LogP) is 3.01. The van der Waals surface area contributed by atoms with Crippen LogP contribution < -0.4 is 0 Å². The SMILES string of the molecule is CC/C=C\CC1OC1CC1OC1CCCCCCCC(=O)OC(CO)COP(=O)(O)O. The summed E-state index contributed by atoms with van der Waals surface area (Å²) in [5.41, 5.74) is 0. The number of aliphatic hydroxyl groups excluding tert-OH is 1. The summed E-state index contributed by atoms with van der Waals surface area (Å²) in [6, 6.07) is 0. The van der Waals surface area contributed by atoms with Crippen molar-refractivity contribution in [2.45, 2.75) is 102 Å². The Morgan fingerprint density at radius 1 is 1.03 bits per heavy atom. The fraction of sp³-hybridized carbons (Fsp3) is 0.857. The van der Waals surface area contributed by atoms with Gasteiger partial charge in [-0.15, -0.1) is 0 Å². The van der Waals surface area contributed by atoms with E-state index in [1.807, 2.05) is 0 Å². The monoisotopic (exact) mass is 464 g/mol. The maximum absolute atomic E-state index is 11.7. The Bertz CT molecular complexity index is 606. The fourth-order valence-corrected chi connectivity index (χ4v) is 3.91. The number of phosphoric acid groups is 1. The number of rotatable bonds is 18. The molecule has 10 heteroatoms. The third-order valence-electron chi connectivity index (χ3n) is 5.41. The highest BCUT2D eigenvalue weighted by Gasteiger charge is 2.47. The summed E-state index contributed by atoms with van der Waals surface area (Å²) in [5, 5.41) is 9.09. The van der Waals surface area contributed by atoms with Crippen molar-refractivity contribution >= 4 is 13.8 Å². The number of carbonyl (C=O) groups excluding carboxylic acids is 1. The molecule has 2 fully saturated rings. The molecule has 0 amide bonds. The molecule has 0 radical (unpaired) electrons. The molecule has 0 spiro atoms. The van der Waals surface area contributed by atoms with Gasteiger partial charge in [0.1, 0.15) is 6.10 Å². The van der Waals surface area contributed by atoms with E-state index in [4.69, 9.17) is 29.1 Å². The Morgan fingerprint density at radius 2 is 1.71 bits per heavy atom. The normalized spacial score (nSPS) is 26.2. The quantitative estimate of drug-likeness (QED) is 0.0918. The Morgan fingerprint density at radius 3 is 2.42 bits per heavy atom. The maximum Gasteiger partial charge on any atom is 0.469 e. The van der Waals surface area contributed by atoms with Crippen LogP contribution in [-0.2, 0) is 28.1 Å². The second kappa shape index (κ2) is 13.7. The van der Waals surface area contributed by atoms with Crippen LogP contribution in [0.3, 0.4) is 0 Å². The number of aliphatic hydroxyl groups is 1. The number of phosphoric ester groups is 1. The number of ether oxygens (including phenoxy) is 3. The Kier molecular flexibility index (Phi) is 11.7. The molecule has 0 bridgehead atoms. The van der Waals surface area contributed by atoms with E-state index in [0.29, 0.717) is 30.8 Å². The molecule has 5 unspecified atom stereocenters. The second-order valence-electron chi connectivity index (χ2n) is 8.16. The Labute approximate surface area is 184 Å². The summed E-state index contributed by atoms with van der Waals surface area (Å²) in [6.45, 7) is 1.03. The molecule has 0 aliphatic carbocycles. The molecule has 0 aromatic carbocycles. The van der Waals surface area contributed by atoms with Gasteiger partial charge in [0, 0.05) is 12.8 Å². The van der Waals surface area contributed by atoms with Crippen molar-refractivity contribution in [1.82, 2.24) is 0 Å². The van der Waals surface area contributed by atoms with Gasteiger partial charge in [-0.25, -0.2) is 4.57 Å². The third-order valence-corrected chi connectivity index (χ3v) is 5.90. The van der Waals surface area contributed by atoms with E-state index >= 15 is 0 Å². The molecule has 0 aromatic rings. The predicted molar refractivity (Wildman–Crippen MR) is 113 cm³/mol. The van der Waals surface area contributed by atoms with Gasteiger partial charge in [-0.3, -0.25) is 9.32 Å². The number of carbonyl (C=O) groups is 1. The molecule has 0 aromatic heterocycles. The number of epoxide rings is 2. The summed E-state index contributed by atoms with van der Waals surface area (Å²) in [6.07, 6.45) is 13.9. The largest absolute Gasteiger partial charge is 0.469 e. The Balaban J connectivity index is 1.39. The molecule has 2 rings (SSSR count). The van der Waals surface area contributed by atoms with Gasteiger partial charge in [-0.05, 0) is 25.7 Å². The topological polar surface area (TPSA) is 138 Å². The molecule has 0 saturated carbocycles. The first-order valence-corrected chi connectivity index (χ1v) is 12.8. The fourth-order valence-electron chi connectivity index (χ4n) is 3.55. The minimum absolute atomic E-state index is 0.205. The smallest absolute Gasteiger partial charge is 0.457 e. The van der Waals surface area contributed by atoms with Gasteiger partial charge in [-0.1, -0.05) is 44.8 Å². The first-order chi connectivity index (χ1) is 14.8. The number of allylic oxidation sites excluding steroid dienone is 1. The van der Waals surface area contributed by atoms with E-state index in [1.54, 1.807) is 0 Å². The number of esters is 1. The summed E-state index contributed by atoms with van der Waals surface area (Å²) in [5.74, 6) is -0.506. The van der Waals surface area contributed by atoms with Crippen LogP contribution in [0.2, 0.25) is 0 Å². The minimum Gasteiger partial charge on any atom is -0.457 e. The van der Waals surface area contributed by atoms with Crippen molar-refractivity contribution in [3.05, 3.63) is 12.2 Å². The molecule has 180 valence electrons. The van der Waals surface area contributed by atoms with E-state index in [1.165, 1.54) is 0 Å². The lowest BCUT2D eigenvalue weighted by molar-refractivity contribution is -0.153. The van der Waals surface area contributed by atoms with Gasteiger partial charge in [0.15, 0.2) is 0 Å². The lowest BCUT2D eigenvalue weighted by Gasteiger charge is -2.15. The standard InChI is InChI=1S/C21H37O9P/c1-2-3-7-10-17-19(29-17)13-20-18(30-20)11-8-5-4-6-9-12-21(23)28-16(14-22)15-27-31(24,25)26/h3,7,16-20,22H,2,4-6,8-15H2,1H3,(H2,24,25,26)/b7-3-. The third kappa shape index (κ3) is 12.1. The van der Waals surface area contributed by atoms with Crippen LogP contribution in [0.15, 0.2) is 12.2 Å². The van der Waals surface area contributed by atoms with E-state index < -0.39 is 33.1 Å². The van der Waals surface area contributed by atoms with Crippen LogP contribution in [0.25, 0.3) is 0 Å². The van der Waals surface area contributed by atoms with Crippen molar-refractivity contribution in [3.8, 4) is 0 Å². The lowest BCUT2D eigenvalue weighted by Crippen LogP contribution is -2.26. The minimum atomic E-state index is -4.65. The second-order valence-corrected chi connectivity index (χ2v) is 9.40. The van der Waals surface area contributed by atoms with Crippen LogP contribution in [0.4, 0.5) is 0 Å². The molecular weight excluding hydrogens is 427 g/mol. The average molecular weight is 464 g/mol. The zero-order chi connectivity index (χ0) is 22.7. The summed E-state index contributed by atoms with van der Waals surface area (Å²) in [7, 11) is -4.65. The summed E-state index contributed by atoms with van der Waals surface area (Å²) >= 11 is 0. The van der Waals surface area contributed by atoms with E-state index in [0.717, 1.165) is 51.4 Å². The van der Waals surface area contributed by atoms with Crippen molar-refractivity contribution in [2.75, 3.05) is 13.2 Å². The number of hydrogen-bond acceptors (Lipinski definition) is 7. The molecule has 31 heavy (non-hydrogen) atoms. The van der Waals surface area contributed by atoms with Crippen LogP contribution in [-0.4, -0.2) is 64.6 Å². The van der Waals surface area contributed by atoms with Crippen LogP contribution in [0, 0.1) is 0 Å². The molecule has 2 aliphatic rings. The highest BCUT2D eigenvalue weighted by molar-refractivity contribution is 7.46. The highest BCUT2D eigenvalue weighted by Crippen LogP contribution is 2.38. The molecule has 2 saturated heterocycles. The zero-order valence-corrected chi connectivity index (χ0v) is 19.2. The van der Waals surface area contributed by atoms with E-state index in [9.17, 15) is 9.36 Å². The number of hydrogen-bond donors (Lipinski definition) is 3. The van der Waals surface area contributed by atoms with Crippen LogP contribution in [0.1, 0.15) is 71.1 Å². The van der Waals surface area contributed by atoms with Crippen LogP contribution >= 0.6 is 7.82 Å². The first-order valence-electron chi connectivity index (χ1n) is 11.3.